The highest BCUT2D eigenvalue weighted by Crippen LogP contribution is 2.32. The van der Waals surface area contributed by atoms with Gasteiger partial charge in [0.05, 0.1) is 31.3 Å². The smallest absolute Gasteiger partial charge is 0.315 e. The molecule has 230 valence electrons. The molecule has 0 aliphatic heterocycles. The number of methoxy groups -OCH3 is 1. The molecule has 0 saturated carbocycles. The van der Waals surface area contributed by atoms with Crippen molar-refractivity contribution in [3.63, 3.8) is 0 Å². The molecule has 9 heteroatoms. The largest absolute Gasteiger partial charge is 0.497 e. The summed E-state index contributed by atoms with van der Waals surface area (Å²) in [6, 6.07) is 18.5. The average molecular weight is 618 g/mol. The van der Waals surface area contributed by atoms with E-state index in [0.717, 1.165) is 0 Å². The van der Waals surface area contributed by atoms with Gasteiger partial charge in [0.1, 0.15) is 11.5 Å². The molecule has 0 aliphatic carbocycles. The Morgan fingerprint density at radius 1 is 0.977 bits per heavy atom. The molecule has 0 unspecified atom stereocenters. The summed E-state index contributed by atoms with van der Waals surface area (Å²) in [6.07, 6.45) is 0.969. The molecule has 8 nitrogen and oxygen atoms in total. The van der Waals surface area contributed by atoms with Crippen molar-refractivity contribution in [3.05, 3.63) is 107 Å². The van der Waals surface area contributed by atoms with Crippen LogP contribution in [0, 0.1) is 12.8 Å². The van der Waals surface area contributed by atoms with E-state index in [1.807, 2.05) is 0 Å². The lowest BCUT2D eigenvalue weighted by Gasteiger charge is -2.20. The van der Waals surface area contributed by atoms with Gasteiger partial charge in [-0.15, -0.1) is 6.58 Å². The van der Waals surface area contributed by atoms with Crippen LogP contribution in [0.5, 0.6) is 11.5 Å². The molecule has 1 N–H and O–H groups in total. The van der Waals surface area contributed by atoms with Crippen LogP contribution in [0.3, 0.4) is 0 Å². The first-order chi connectivity index (χ1) is 21.0. The first-order valence-electron chi connectivity index (χ1n) is 14.3. The number of hydrogen-bond donors (Lipinski definition) is 1. The van der Waals surface area contributed by atoms with E-state index in [-0.39, 0.29) is 36.7 Å². The molecule has 0 saturated heterocycles. The van der Waals surface area contributed by atoms with Gasteiger partial charge in [0.15, 0.2) is 0 Å². The van der Waals surface area contributed by atoms with E-state index in [2.05, 4.69) is 6.58 Å². The quantitative estimate of drug-likeness (QED) is 0.104. The summed E-state index contributed by atoms with van der Waals surface area (Å²) in [5.41, 5.74) is 2.94. The van der Waals surface area contributed by atoms with E-state index in [1.165, 1.54) is 0 Å². The average Bonchev–Trinajstić information content (AvgIpc) is 3.27. The first kappa shape index (κ1) is 32.5. The third-order valence-electron chi connectivity index (χ3n) is 7.37. The van der Waals surface area contributed by atoms with Crippen molar-refractivity contribution >= 4 is 40.3 Å². The number of nitrogens with zero attached hydrogens (tertiary/aromatic N) is 1. The number of esters is 2. The van der Waals surface area contributed by atoms with E-state index < -0.39 is 12.1 Å². The van der Waals surface area contributed by atoms with Gasteiger partial charge in [-0.1, -0.05) is 29.8 Å². The van der Waals surface area contributed by atoms with Gasteiger partial charge >= 0.3 is 11.9 Å². The summed E-state index contributed by atoms with van der Waals surface area (Å²) in [6.45, 7) is 9.16. The van der Waals surface area contributed by atoms with Crippen LogP contribution in [-0.2, 0) is 20.7 Å². The van der Waals surface area contributed by atoms with Crippen molar-refractivity contribution in [2.24, 2.45) is 5.92 Å². The first-order valence-corrected chi connectivity index (χ1v) is 14.7. The Balaban J connectivity index is 1.51. The molecule has 2 atom stereocenters. The molecule has 1 aromatic heterocycles. The van der Waals surface area contributed by atoms with Gasteiger partial charge < -0.3 is 19.3 Å². The Bertz CT molecular complexity index is 1660. The van der Waals surface area contributed by atoms with Gasteiger partial charge in [0.2, 0.25) is 0 Å². The highest BCUT2D eigenvalue weighted by molar-refractivity contribution is 6.30. The zero-order chi connectivity index (χ0) is 32.0. The molecule has 0 bridgehead atoms. The van der Waals surface area contributed by atoms with Crippen molar-refractivity contribution in [3.8, 4) is 11.5 Å². The Labute approximate surface area is 261 Å². The Morgan fingerprint density at radius 3 is 2.25 bits per heavy atom. The molecule has 3 aromatic carbocycles. The summed E-state index contributed by atoms with van der Waals surface area (Å²) in [5.74, 6) is -0.569. The molecule has 4 aromatic rings. The number of carbonyl (C=O) groups excluding carboxylic acids is 3. The van der Waals surface area contributed by atoms with Crippen LogP contribution in [0.1, 0.15) is 60.0 Å². The lowest BCUT2D eigenvalue weighted by Crippen LogP contribution is -2.16. The molecule has 0 aliphatic rings. The standard InChI is InChI=1S/C35H36ClNO7/c1-6-23(11-18-32(38)43-21(2)3)34(40)24-9-14-27(15-10-24)44-33(39)20-29-22(4)37(31-17-16-28(42-5)19-30(29)31)35(41)25-7-12-26(36)13-8-25/h6-10,12-17,19,21,23,34,40H,1,11,18,20H2,2-5H3/t23-,34+/m0/s1. The molecule has 44 heavy (non-hydrogen) atoms. The van der Waals surface area contributed by atoms with Crippen molar-refractivity contribution in [1.82, 2.24) is 4.57 Å². The molecular weight excluding hydrogens is 582 g/mol. The number of aliphatic hydroxyl groups excluding tert-OH is 1. The predicted octanol–water partition coefficient (Wildman–Crippen LogP) is 7.02. The van der Waals surface area contributed by atoms with E-state index in [1.54, 1.807) is 105 Å². The predicted molar refractivity (Wildman–Crippen MR) is 169 cm³/mol. The summed E-state index contributed by atoms with van der Waals surface area (Å²) < 4.78 is 17.8. The summed E-state index contributed by atoms with van der Waals surface area (Å²) >= 11 is 6.02. The number of benzene rings is 3. The normalized spacial score (nSPS) is 12.5. The minimum atomic E-state index is -0.897. The highest BCUT2D eigenvalue weighted by Gasteiger charge is 2.24. The van der Waals surface area contributed by atoms with Crippen LogP contribution in [-0.4, -0.2) is 40.7 Å². The van der Waals surface area contributed by atoms with Gasteiger partial charge in [-0.05, 0) is 92.9 Å². The Kier molecular flexibility index (Phi) is 10.6. The van der Waals surface area contributed by atoms with E-state index in [9.17, 15) is 19.5 Å². The van der Waals surface area contributed by atoms with Crippen LogP contribution in [0.15, 0.2) is 79.4 Å². The third-order valence-corrected chi connectivity index (χ3v) is 7.62. The van der Waals surface area contributed by atoms with Gasteiger partial charge in [-0.2, -0.15) is 0 Å². The van der Waals surface area contributed by atoms with Crippen molar-refractivity contribution in [1.29, 1.82) is 0 Å². The number of aliphatic hydroxyl groups is 1. The maximum atomic E-state index is 13.5. The maximum Gasteiger partial charge on any atom is 0.315 e. The molecule has 0 fully saturated rings. The Hall–Kier alpha value is -4.40. The number of fused-ring (bicyclic) bond motifs is 1. The molecule has 1 heterocycles. The fourth-order valence-corrected chi connectivity index (χ4v) is 5.22. The fourth-order valence-electron chi connectivity index (χ4n) is 5.10. The minimum absolute atomic E-state index is 0.0915. The maximum absolute atomic E-state index is 13.5. The Morgan fingerprint density at radius 2 is 1.64 bits per heavy atom. The number of aromatic nitrogens is 1. The van der Waals surface area contributed by atoms with Gasteiger partial charge in [0, 0.05) is 34.0 Å². The second-order valence-electron chi connectivity index (χ2n) is 10.7. The van der Waals surface area contributed by atoms with E-state index >= 15 is 0 Å². The fraction of sp³-hybridized carbons (Fsp3) is 0.286. The number of ether oxygens (including phenoxy) is 3. The second kappa shape index (κ2) is 14.4. The number of carbonyl (C=O) groups is 3. The lowest BCUT2D eigenvalue weighted by molar-refractivity contribution is -0.147. The SMILES string of the molecule is C=C[C@@H](CCC(=O)OC(C)C)[C@@H](O)c1ccc(OC(=O)Cc2c(C)n(C(=O)c3ccc(Cl)cc3)c3ccc(OC)cc23)cc1. The van der Waals surface area contributed by atoms with Crippen LogP contribution in [0.4, 0.5) is 0 Å². The number of hydrogen-bond acceptors (Lipinski definition) is 7. The monoisotopic (exact) mass is 617 g/mol. The van der Waals surface area contributed by atoms with Crippen LogP contribution >= 0.6 is 11.6 Å². The van der Waals surface area contributed by atoms with Crippen LogP contribution < -0.4 is 9.47 Å². The minimum Gasteiger partial charge on any atom is -0.497 e. The molecule has 0 spiro atoms. The van der Waals surface area contributed by atoms with E-state index in [4.69, 9.17) is 25.8 Å². The van der Waals surface area contributed by atoms with Crippen LogP contribution in [0.25, 0.3) is 10.9 Å². The molecule has 0 radical (unpaired) electrons. The molecule has 0 amide bonds. The highest BCUT2D eigenvalue weighted by atomic mass is 35.5. The topological polar surface area (TPSA) is 104 Å². The number of rotatable bonds is 12. The number of halogens is 1. The molecule has 4 rings (SSSR count). The molecular formula is C35H36ClNO7. The van der Waals surface area contributed by atoms with E-state index in [0.29, 0.717) is 56.2 Å². The van der Waals surface area contributed by atoms with Gasteiger partial charge in [-0.3, -0.25) is 19.0 Å². The zero-order valence-electron chi connectivity index (χ0n) is 25.2. The van der Waals surface area contributed by atoms with Crippen molar-refractivity contribution < 1.29 is 33.7 Å². The van der Waals surface area contributed by atoms with Crippen molar-refractivity contribution in [2.75, 3.05) is 7.11 Å². The van der Waals surface area contributed by atoms with Gasteiger partial charge in [0.25, 0.3) is 5.91 Å². The summed E-state index contributed by atoms with van der Waals surface area (Å²) in [7, 11) is 1.55. The zero-order valence-corrected chi connectivity index (χ0v) is 26.0. The van der Waals surface area contributed by atoms with Gasteiger partial charge in [-0.25, -0.2) is 0 Å². The summed E-state index contributed by atoms with van der Waals surface area (Å²) in [5, 5.41) is 12.1. The second-order valence-corrected chi connectivity index (χ2v) is 11.2. The lowest BCUT2D eigenvalue weighted by atomic mass is 9.91. The third kappa shape index (κ3) is 7.56. The summed E-state index contributed by atoms with van der Waals surface area (Å²) in [4.78, 5) is 38.6. The van der Waals surface area contributed by atoms with Crippen LogP contribution in [0.2, 0.25) is 5.02 Å². The van der Waals surface area contributed by atoms with Crippen molar-refractivity contribution in [2.45, 2.75) is 52.2 Å².